The first-order chi connectivity index (χ1) is 12.0. The zero-order chi connectivity index (χ0) is 18.2. The molecule has 7 nitrogen and oxygen atoms in total. The Morgan fingerprint density at radius 2 is 1.96 bits per heavy atom. The van der Waals surface area contributed by atoms with E-state index in [1.165, 1.54) is 17.3 Å². The lowest BCUT2D eigenvalue weighted by Crippen LogP contribution is -2.45. The van der Waals surface area contributed by atoms with Gasteiger partial charge in [-0.2, -0.15) is 0 Å². The summed E-state index contributed by atoms with van der Waals surface area (Å²) >= 11 is 0. The molecule has 0 aliphatic rings. The van der Waals surface area contributed by atoms with E-state index in [1.54, 1.807) is 6.92 Å². The lowest BCUT2D eigenvalue weighted by Gasteiger charge is -2.12. The number of amides is 2. The topological polar surface area (TPSA) is 104 Å². The monoisotopic (exact) mass is 342 g/mol. The van der Waals surface area contributed by atoms with Crippen molar-refractivity contribution in [2.45, 2.75) is 32.7 Å². The number of nitrogens with one attached hydrogen (secondary N) is 3. The summed E-state index contributed by atoms with van der Waals surface area (Å²) in [6, 6.07) is 7.53. The number of benzene rings is 1. The molecule has 1 heterocycles. The van der Waals surface area contributed by atoms with Gasteiger partial charge in [0.05, 0.1) is 12.7 Å². The zero-order valence-corrected chi connectivity index (χ0v) is 14.3. The van der Waals surface area contributed by atoms with E-state index >= 15 is 0 Å². The maximum atomic E-state index is 12.1. The summed E-state index contributed by atoms with van der Waals surface area (Å²) in [7, 11) is 0. The van der Waals surface area contributed by atoms with Crippen LogP contribution in [0.15, 0.2) is 30.5 Å². The SMILES string of the molecule is Cc1ccc(CCc2ncc(C(=O)N[C@@H](C)C(=O)NCC=O)[nH]2)cc1. The Hall–Kier alpha value is -2.96. The van der Waals surface area contributed by atoms with Crippen molar-refractivity contribution in [2.24, 2.45) is 0 Å². The molecule has 25 heavy (non-hydrogen) atoms. The van der Waals surface area contributed by atoms with Gasteiger partial charge in [-0.1, -0.05) is 29.8 Å². The molecule has 0 saturated carbocycles. The summed E-state index contributed by atoms with van der Waals surface area (Å²) in [5.74, 6) is -0.119. The summed E-state index contributed by atoms with van der Waals surface area (Å²) in [5, 5.41) is 4.95. The van der Waals surface area contributed by atoms with Gasteiger partial charge < -0.3 is 20.4 Å². The minimum atomic E-state index is -0.744. The van der Waals surface area contributed by atoms with E-state index in [2.05, 4.69) is 44.9 Å². The highest BCUT2D eigenvalue weighted by Gasteiger charge is 2.17. The predicted octanol–water partition coefficient (Wildman–Crippen LogP) is 0.937. The smallest absolute Gasteiger partial charge is 0.269 e. The van der Waals surface area contributed by atoms with Crippen LogP contribution in [0, 0.1) is 6.92 Å². The standard InChI is InChI=1S/C18H22N4O3/c1-12-3-5-14(6-4-12)7-8-16-20-11-15(22-16)18(25)21-13(2)17(24)19-9-10-23/h3-6,10-11,13H,7-9H2,1-2H3,(H,19,24)(H,20,22)(H,21,25)/t13-/m0/s1. The third kappa shape index (κ3) is 5.56. The molecule has 0 spiro atoms. The third-order valence-corrected chi connectivity index (χ3v) is 3.74. The van der Waals surface area contributed by atoms with Crippen molar-refractivity contribution >= 4 is 18.1 Å². The van der Waals surface area contributed by atoms with Crippen molar-refractivity contribution in [3.63, 3.8) is 0 Å². The fourth-order valence-electron chi connectivity index (χ4n) is 2.26. The first kappa shape index (κ1) is 18.4. The Kier molecular flexibility index (Phi) is 6.45. The quantitative estimate of drug-likeness (QED) is 0.621. The molecule has 2 amide bonds. The molecular formula is C18H22N4O3. The Bertz CT molecular complexity index is 737. The molecule has 2 aromatic rings. The fourth-order valence-corrected chi connectivity index (χ4v) is 2.26. The van der Waals surface area contributed by atoms with E-state index in [0.29, 0.717) is 24.2 Å². The second-order valence-corrected chi connectivity index (χ2v) is 5.84. The molecule has 0 unspecified atom stereocenters. The van der Waals surface area contributed by atoms with Crippen LogP contribution in [0.4, 0.5) is 0 Å². The molecule has 2 rings (SSSR count). The summed E-state index contributed by atoms with van der Waals surface area (Å²) in [6.45, 7) is 3.51. The lowest BCUT2D eigenvalue weighted by molar-refractivity contribution is -0.123. The van der Waals surface area contributed by atoms with Crippen LogP contribution in [-0.2, 0) is 22.4 Å². The third-order valence-electron chi connectivity index (χ3n) is 3.74. The summed E-state index contributed by atoms with van der Waals surface area (Å²) in [5.41, 5.74) is 2.72. The van der Waals surface area contributed by atoms with Crippen molar-refractivity contribution in [2.75, 3.05) is 6.54 Å². The summed E-state index contributed by atoms with van der Waals surface area (Å²) in [4.78, 5) is 41.2. The number of hydrogen-bond acceptors (Lipinski definition) is 4. The van der Waals surface area contributed by atoms with E-state index in [0.717, 1.165) is 6.42 Å². The number of carbonyl (C=O) groups is 3. The molecule has 0 bridgehead atoms. The highest BCUT2D eigenvalue weighted by Crippen LogP contribution is 2.07. The Balaban J connectivity index is 1.87. The highest BCUT2D eigenvalue weighted by molar-refractivity contribution is 5.96. The molecule has 132 valence electrons. The molecule has 1 aromatic carbocycles. The first-order valence-electron chi connectivity index (χ1n) is 8.11. The van der Waals surface area contributed by atoms with E-state index < -0.39 is 17.9 Å². The van der Waals surface area contributed by atoms with Gasteiger partial charge in [0.1, 0.15) is 23.8 Å². The Morgan fingerprint density at radius 1 is 1.24 bits per heavy atom. The van der Waals surface area contributed by atoms with Gasteiger partial charge in [0, 0.05) is 6.42 Å². The summed E-state index contributed by atoms with van der Waals surface area (Å²) < 4.78 is 0. The van der Waals surface area contributed by atoms with Gasteiger partial charge in [0.25, 0.3) is 5.91 Å². The number of aldehydes is 1. The number of aryl methyl sites for hydroxylation is 3. The molecule has 3 N–H and O–H groups in total. The average molecular weight is 342 g/mol. The van der Waals surface area contributed by atoms with Crippen molar-refractivity contribution < 1.29 is 14.4 Å². The number of aromatic nitrogens is 2. The maximum absolute atomic E-state index is 12.1. The van der Waals surface area contributed by atoms with Crippen LogP contribution >= 0.6 is 0 Å². The van der Waals surface area contributed by atoms with Gasteiger partial charge >= 0.3 is 0 Å². The minimum Gasteiger partial charge on any atom is -0.348 e. The number of H-pyrrole nitrogens is 1. The molecule has 7 heteroatoms. The number of imidazole rings is 1. The number of nitrogens with zero attached hydrogens (tertiary/aromatic N) is 1. The van der Waals surface area contributed by atoms with E-state index in [1.807, 2.05) is 6.92 Å². The number of aromatic amines is 1. The van der Waals surface area contributed by atoms with Crippen LogP contribution in [0.5, 0.6) is 0 Å². The average Bonchev–Trinajstić information content (AvgIpc) is 3.08. The van der Waals surface area contributed by atoms with Crippen molar-refractivity contribution in [1.82, 2.24) is 20.6 Å². The van der Waals surface area contributed by atoms with Gasteiger partial charge in [-0.05, 0) is 25.8 Å². The van der Waals surface area contributed by atoms with Crippen molar-refractivity contribution in [3.8, 4) is 0 Å². The van der Waals surface area contributed by atoms with Crippen LogP contribution in [0.1, 0.15) is 34.4 Å². The van der Waals surface area contributed by atoms with Crippen LogP contribution in [0.2, 0.25) is 0 Å². The van der Waals surface area contributed by atoms with Gasteiger partial charge in [-0.25, -0.2) is 4.98 Å². The summed E-state index contributed by atoms with van der Waals surface area (Å²) in [6.07, 6.45) is 3.54. The van der Waals surface area contributed by atoms with Gasteiger partial charge in [0.2, 0.25) is 5.91 Å². The highest BCUT2D eigenvalue weighted by atomic mass is 16.2. The van der Waals surface area contributed by atoms with Gasteiger partial charge in [0.15, 0.2) is 0 Å². The van der Waals surface area contributed by atoms with E-state index in [-0.39, 0.29) is 6.54 Å². The van der Waals surface area contributed by atoms with Crippen LogP contribution in [0.3, 0.4) is 0 Å². The Morgan fingerprint density at radius 3 is 2.64 bits per heavy atom. The molecule has 1 aromatic heterocycles. The second kappa shape index (κ2) is 8.77. The number of hydrogen-bond donors (Lipinski definition) is 3. The molecule has 1 atom stereocenters. The van der Waals surface area contributed by atoms with Gasteiger partial charge in [-0.15, -0.1) is 0 Å². The van der Waals surface area contributed by atoms with Crippen LogP contribution in [0.25, 0.3) is 0 Å². The number of rotatable bonds is 8. The maximum Gasteiger partial charge on any atom is 0.269 e. The van der Waals surface area contributed by atoms with Gasteiger partial charge in [-0.3, -0.25) is 9.59 Å². The van der Waals surface area contributed by atoms with Crippen LogP contribution < -0.4 is 10.6 Å². The molecule has 0 saturated heterocycles. The van der Waals surface area contributed by atoms with Crippen LogP contribution in [-0.4, -0.2) is 40.7 Å². The lowest BCUT2D eigenvalue weighted by atomic mass is 10.1. The minimum absolute atomic E-state index is 0.0771. The normalized spacial score (nSPS) is 11.6. The predicted molar refractivity (Wildman–Crippen MR) is 93.2 cm³/mol. The van der Waals surface area contributed by atoms with Crippen molar-refractivity contribution in [1.29, 1.82) is 0 Å². The van der Waals surface area contributed by atoms with E-state index in [4.69, 9.17) is 0 Å². The second-order valence-electron chi connectivity index (χ2n) is 5.84. The Labute approximate surface area is 146 Å². The molecule has 0 aliphatic carbocycles. The first-order valence-corrected chi connectivity index (χ1v) is 8.11. The van der Waals surface area contributed by atoms with Crippen molar-refractivity contribution in [3.05, 3.63) is 53.1 Å². The van der Waals surface area contributed by atoms with E-state index in [9.17, 15) is 14.4 Å². The zero-order valence-electron chi connectivity index (χ0n) is 14.3. The molecule has 0 fully saturated rings. The number of carbonyl (C=O) groups excluding carboxylic acids is 3. The molecule has 0 aliphatic heterocycles. The fraction of sp³-hybridized carbons (Fsp3) is 0.333. The largest absolute Gasteiger partial charge is 0.348 e. The molecular weight excluding hydrogens is 320 g/mol. The molecule has 0 radical (unpaired) electrons.